The fraction of sp³-hybridized carbons (Fsp3) is 0.762. The highest BCUT2D eigenvalue weighted by atomic mass is 127. The summed E-state index contributed by atoms with van der Waals surface area (Å²) in [6.07, 6.45) is 9.13. The van der Waals surface area contributed by atoms with E-state index in [-0.39, 0.29) is 29.5 Å². The normalized spacial score (nSPS) is 21.4. The van der Waals surface area contributed by atoms with Gasteiger partial charge in [-0.15, -0.1) is 24.0 Å². The summed E-state index contributed by atoms with van der Waals surface area (Å²) in [7, 11) is 0. The summed E-state index contributed by atoms with van der Waals surface area (Å²) in [6, 6.07) is 3.94. The van der Waals surface area contributed by atoms with E-state index in [1.807, 2.05) is 12.1 Å². The van der Waals surface area contributed by atoms with Gasteiger partial charge in [-0.3, -0.25) is 9.89 Å². The number of halogens is 1. The molecule has 1 aromatic heterocycles. The average molecular weight is 504 g/mol. The molecule has 0 amide bonds. The highest BCUT2D eigenvalue weighted by Crippen LogP contribution is 2.20. The van der Waals surface area contributed by atoms with Crippen molar-refractivity contribution in [3.63, 3.8) is 0 Å². The first-order chi connectivity index (χ1) is 13.1. The van der Waals surface area contributed by atoms with Crippen molar-refractivity contribution in [1.29, 1.82) is 0 Å². The van der Waals surface area contributed by atoms with Gasteiger partial charge in [0, 0.05) is 31.7 Å². The lowest BCUT2D eigenvalue weighted by Crippen LogP contribution is -2.50. The molecule has 2 aliphatic heterocycles. The third-order valence-corrected chi connectivity index (χ3v) is 5.60. The van der Waals surface area contributed by atoms with E-state index in [9.17, 15) is 0 Å². The number of piperidine rings is 1. The number of guanidine groups is 1. The van der Waals surface area contributed by atoms with Gasteiger partial charge in [-0.2, -0.15) is 0 Å². The second kappa shape index (κ2) is 12.0. The molecule has 2 N–H and O–H groups in total. The van der Waals surface area contributed by atoms with Crippen LogP contribution in [-0.2, 0) is 11.2 Å². The smallest absolute Gasteiger partial charge is 0.191 e. The third kappa shape index (κ3) is 7.55. The fourth-order valence-corrected chi connectivity index (χ4v) is 3.82. The summed E-state index contributed by atoms with van der Waals surface area (Å²) >= 11 is 0. The number of nitrogens with zero attached hydrogens (tertiary/aromatic N) is 2. The highest BCUT2D eigenvalue weighted by Gasteiger charge is 2.27. The van der Waals surface area contributed by atoms with Gasteiger partial charge in [0.15, 0.2) is 5.96 Å². The van der Waals surface area contributed by atoms with Crippen LogP contribution in [-0.4, -0.2) is 61.8 Å². The van der Waals surface area contributed by atoms with Crippen LogP contribution >= 0.6 is 24.0 Å². The largest absolute Gasteiger partial charge is 0.469 e. The van der Waals surface area contributed by atoms with Crippen molar-refractivity contribution >= 4 is 29.9 Å². The van der Waals surface area contributed by atoms with E-state index >= 15 is 0 Å². The van der Waals surface area contributed by atoms with E-state index in [1.54, 1.807) is 6.26 Å². The van der Waals surface area contributed by atoms with Crippen LogP contribution in [0.5, 0.6) is 0 Å². The summed E-state index contributed by atoms with van der Waals surface area (Å²) in [5, 5.41) is 6.94. The van der Waals surface area contributed by atoms with Crippen molar-refractivity contribution < 1.29 is 9.15 Å². The topological polar surface area (TPSA) is 62.0 Å². The predicted octanol–water partition coefficient (Wildman–Crippen LogP) is 3.42. The van der Waals surface area contributed by atoms with Gasteiger partial charge in [-0.1, -0.05) is 6.42 Å². The van der Waals surface area contributed by atoms with Crippen molar-refractivity contribution in [3.05, 3.63) is 24.2 Å². The van der Waals surface area contributed by atoms with E-state index in [4.69, 9.17) is 14.1 Å². The second-order valence-electron chi connectivity index (χ2n) is 8.30. The van der Waals surface area contributed by atoms with Crippen molar-refractivity contribution in [1.82, 2.24) is 15.5 Å². The van der Waals surface area contributed by atoms with Gasteiger partial charge in [-0.05, 0) is 64.8 Å². The zero-order valence-corrected chi connectivity index (χ0v) is 19.7. The first-order valence-electron chi connectivity index (χ1n) is 10.5. The number of ether oxygens (including phenoxy) is 1. The summed E-state index contributed by atoms with van der Waals surface area (Å²) in [4.78, 5) is 7.50. The zero-order chi connectivity index (χ0) is 19.0. The number of hydrogen-bond donors (Lipinski definition) is 2. The van der Waals surface area contributed by atoms with E-state index in [1.165, 1.54) is 32.4 Å². The Labute approximate surface area is 186 Å². The number of aliphatic imine (C=N–C) groups is 1. The Bertz CT molecular complexity index is 565. The van der Waals surface area contributed by atoms with Gasteiger partial charge in [-0.25, -0.2) is 0 Å². The van der Waals surface area contributed by atoms with Gasteiger partial charge in [0.2, 0.25) is 0 Å². The van der Waals surface area contributed by atoms with Crippen LogP contribution in [0.25, 0.3) is 0 Å². The van der Waals surface area contributed by atoms with E-state index in [2.05, 4.69) is 29.4 Å². The highest BCUT2D eigenvalue weighted by molar-refractivity contribution is 14.0. The Morgan fingerprint density at radius 1 is 1.21 bits per heavy atom. The third-order valence-electron chi connectivity index (χ3n) is 5.60. The molecule has 0 spiro atoms. The molecule has 2 saturated heterocycles. The molecule has 2 fully saturated rings. The Morgan fingerprint density at radius 3 is 2.71 bits per heavy atom. The van der Waals surface area contributed by atoms with Gasteiger partial charge in [0.1, 0.15) is 5.76 Å². The quantitative estimate of drug-likeness (QED) is 0.323. The molecule has 28 heavy (non-hydrogen) atoms. The molecule has 2 aliphatic rings. The molecule has 0 aromatic carbocycles. The number of rotatable bonds is 8. The molecular formula is C21H37IN4O2. The van der Waals surface area contributed by atoms with Crippen LogP contribution in [0, 0.1) is 0 Å². The fourth-order valence-electron chi connectivity index (χ4n) is 3.82. The Morgan fingerprint density at radius 2 is 2.04 bits per heavy atom. The summed E-state index contributed by atoms with van der Waals surface area (Å²) in [5.74, 6) is 1.87. The van der Waals surface area contributed by atoms with Crippen molar-refractivity contribution in [2.45, 2.75) is 64.0 Å². The lowest BCUT2D eigenvalue weighted by atomic mass is 9.99. The summed E-state index contributed by atoms with van der Waals surface area (Å²) < 4.78 is 11.2. The minimum absolute atomic E-state index is 0. The van der Waals surface area contributed by atoms with Gasteiger partial charge >= 0.3 is 0 Å². The molecule has 3 heterocycles. The van der Waals surface area contributed by atoms with Crippen LogP contribution in [0.3, 0.4) is 0 Å². The SMILES string of the molecule is CC(C)(CN=C(NCCc1ccco1)NCC1CCCO1)N1CCCCC1.I. The molecule has 0 radical (unpaired) electrons. The van der Waals surface area contributed by atoms with Crippen molar-refractivity contribution in [2.75, 3.05) is 39.3 Å². The maximum Gasteiger partial charge on any atom is 0.191 e. The average Bonchev–Trinajstić information content (AvgIpc) is 3.38. The number of nitrogens with one attached hydrogen (secondary N) is 2. The minimum atomic E-state index is 0. The maximum atomic E-state index is 5.74. The molecule has 0 saturated carbocycles. The second-order valence-corrected chi connectivity index (χ2v) is 8.30. The summed E-state index contributed by atoms with van der Waals surface area (Å²) in [5.41, 5.74) is 0.0832. The van der Waals surface area contributed by atoms with Crippen LogP contribution in [0.4, 0.5) is 0 Å². The summed E-state index contributed by atoms with van der Waals surface area (Å²) in [6.45, 7) is 10.3. The maximum absolute atomic E-state index is 5.74. The first-order valence-corrected chi connectivity index (χ1v) is 10.5. The monoisotopic (exact) mass is 504 g/mol. The molecule has 160 valence electrons. The number of hydrogen-bond acceptors (Lipinski definition) is 4. The standard InChI is InChI=1S/C21H36N4O2.HI/c1-21(2,25-12-4-3-5-13-25)17-24-20(23-16-19-9-7-15-27-19)22-11-10-18-8-6-14-26-18;/h6,8,14,19H,3-5,7,9-13,15-17H2,1-2H3,(H2,22,23,24);1H. The number of furan rings is 1. The Hall–Kier alpha value is -0.800. The molecule has 0 bridgehead atoms. The molecule has 0 aliphatic carbocycles. The zero-order valence-electron chi connectivity index (χ0n) is 17.4. The van der Waals surface area contributed by atoms with Crippen LogP contribution in [0.15, 0.2) is 27.8 Å². The van der Waals surface area contributed by atoms with E-state index in [0.29, 0.717) is 6.10 Å². The molecule has 1 aromatic rings. The van der Waals surface area contributed by atoms with Crippen LogP contribution < -0.4 is 10.6 Å². The molecule has 7 heteroatoms. The van der Waals surface area contributed by atoms with Gasteiger partial charge in [0.05, 0.1) is 18.9 Å². The first kappa shape index (κ1) is 23.5. The minimum Gasteiger partial charge on any atom is -0.469 e. The predicted molar refractivity (Wildman–Crippen MR) is 125 cm³/mol. The lowest BCUT2D eigenvalue weighted by Gasteiger charge is -2.40. The van der Waals surface area contributed by atoms with E-state index < -0.39 is 0 Å². The van der Waals surface area contributed by atoms with Crippen molar-refractivity contribution in [2.24, 2.45) is 4.99 Å². The van der Waals surface area contributed by atoms with Crippen LogP contribution in [0.1, 0.15) is 51.7 Å². The Balaban J connectivity index is 0.00000280. The molecule has 1 unspecified atom stereocenters. The van der Waals surface area contributed by atoms with Crippen molar-refractivity contribution in [3.8, 4) is 0 Å². The van der Waals surface area contributed by atoms with E-state index in [0.717, 1.165) is 57.2 Å². The Kier molecular flexibility index (Phi) is 10.1. The number of likely N-dealkylation sites (tertiary alicyclic amines) is 1. The molecule has 6 nitrogen and oxygen atoms in total. The molecular weight excluding hydrogens is 467 g/mol. The van der Waals surface area contributed by atoms with Gasteiger partial charge < -0.3 is 19.8 Å². The molecule has 3 rings (SSSR count). The van der Waals surface area contributed by atoms with Crippen LogP contribution in [0.2, 0.25) is 0 Å². The lowest BCUT2D eigenvalue weighted by molar-refractivity contribution is 0.102. The van der Waals surface area contributed by atoms with Gasteiger partial charge in [0.25, 0.3) is 0 Å². The molecule has 1 atom stereocenters.